The van der Waals surface area contributed by atoms with Gasteiger partial charge in [-0.15, -0.1) is 0 Å². The standard InChI is InChI=1S/C18H30N2O/c1-2-4-16(5-3-1)14-17-6-8-18(9-7-17)21-13-12-20-11-10-19-15-20/h10-11,15-18H,1-9,12-14H2. The van der Waals surface area contributed by atoms with E-state index in [1.165, 1.54) is 64.2 Å². The van der Waals surface area contributed by atoms with E-state index in [1.54, 1.807) is 0 Å². The number of imidazole rings is 1. The third kappa shape index (κ3) is 4.84. The van der Waals surface area contributed by atoms with Crippen LogP contribution < -0.4 is 0 Å². The monoisotopic (exact) mass is 290 g/mol. The minimum atomic E-state index is 0.510. The van der Waals surface area contributed by atoms with Crippen LogP contribution in [0.1, 0.15) is 64.2 Å². The number of hydrogen-bond donors (Lipinski definition) is 0. The van der Waals surface area contributed by atoms with Gasteiger partial charge in [-0.3, -0.25) is 0 Å². The topological polar surface area (TPSA) is 27.1 Å². The summed E-state index contributed by atoms with van der Waals surface area (Å²) in [6.07, 6.45) is 20.5. The zero-order valence-corrected chi connectivity index (χ0v) is 13.3. The molecule has 2 aliphatic carbocycles. The first-order valence-electron chi connectivity index (χ1n) is 8.97. The highest BCUT2D eigenvalue weighted by Crippen LogP contribution is 2.35. The zero-order chi connectivity index (χ0) is 14.3. The van der Waals surface area contributed by atoms with Crippen molar-refractivity contribution in [3.63, 3.8) is 0 Å². The van der Waals surface area contributed by atoms with E-state index in [9.17, 15) is 0 Å². The van der Waals surface area contributed by atoms with Crippen LogP contribution in [0.3, 0.4) is 0 Å². The molecule has 2 aliphatic rings. The maximum atomic E-state index is 6.05. The van der Waals surface area contributed by atoms with Crippen molar-refractivity contribution in [2.75, 3.05) is 6.61 Å². The Balaban J connectivity index is 1.29. The van der Waals surface area contributed by atoms with Crippen molar-refractivity contribution in [3.05, 3.63) is 18.7 Å². The zero-order valence-electron chi connectivity index (χ0n) is 13.3. The van der Waals surface area contributed by atoms with Gasteiger partial charge in [0.05, 0.1) is 19.0 Å². The summed E-state index contributed by atoms with van der Waals surface area (Å²) in [5.74, 6) is 2.03. The van der Waals surface area contributed by atoms with E-state index in [-0.39, 0.29) is 0 Å². The van der Waals surface area contributed by atoms with Crippen molar-refractivity contribution in [1.29, 1.82) is 0 Å². The molecule has 1 heterocycles. The van der Waals surface area contributed by atoms with Gasteiger partial charge in [0.1, 0.15) is 0 Å². The Bertz CT molecular complexity index is 376. The summed E-state index contributed by atoms with van der Waals surface area (Å²) in [5, 5.41) is 0. The molecule has 3 rings (SSSR count). The molecule has 0 N–H and O–H groups in total. The number of rotatable bonds is 6. The second-order valence-corrected chi connectivity index (χ2v) is 7.05. The molecule has 1 aromatic rings. The predicted molar refractivity (Wildman–Crippen MR) is 85.1 cm³/mol. The smallest absolute Gasteiger partial charge is 0.0946 e. The molecule has 0 amide bonds. The van der Waals surface area contributed by atoms with E-state index < -0.39 is 0 Å². The van der Waals surface area contributed by atoms with E-state index in [4.69, 9.17) is 4.74 Å². The van der Waals surface area contributed by atoms with Gasteiger partial charge in [-0.1, -0.05) is 32.1 Å². The van der Waals surface area contributed by atoms with Crippen LogP contribution in [0.5, 0.6) is 0 Å². The largest absolute Gasteiger partial charge is 0.376 e. The van der Waals surface area contributed by atoms with E-state index in [0.29, 0.717) is 6.10 Å². The molecule has 21 heavy (non-hydrogen) atoms. The van der Waals surface area contributed by atoms with Crippen LogP contribution in [0.2, 0.25) is 0 Å². The molecule has 2 saturated carbocycles. The molecule has 0 unspecified atom stereocenters. The molecule has 3 nitrogen and oxygen atoms in total. The second-order valence-electron chi connectivity index (χ2n) is 7.05. The average molecular weight is 290 g/mol. The van der Waals surface area contributed by atoms with Crippen LogP contribution in [0.15, 0.2) is 18.7 Å². The third-order valence-corrected chi connectivity index (χ3v) is 5.45. The molecule has 118 valence electrons. The van der Waals surface area contributed by atoms with Gasteiger partial charge in [0.2, 0.25) is 0 Å². The van der Waals surface area contributed by atoms with Gasteiger partial charge < -0.3 is 9.30 Å². The van der Waals surface area contributed by atoms with E-state index in [2.05, 4.69) is 9.55 Å². The van der Waals surface area contributed by atoms with Gasteiger partial charge in [-0.05, 0) is 43.9 Å². The molecule has 0 radical (unpaired) electrons. The van der Waals surface area contributed by atoms with Crippen LogP contribution in [-0.4, -0.2) is 22.3 Å². The van der Waals surface area contributed by atoms with Crippen molar-refractivity contribution in [3.8, 4) is 0 Å². The van der Waals surface area contributed by atoms with Crippen LogP contribution in [-0.2, 0) is 11.3 Å². The summed E-state index contributed by atoms with van der Waals surface area (Å²) in [6, 6.07) is 0. The number of nitrogens with zero attached hydrogens (tertiary/aromatic N) is 2. The van der Waals surface area contributed by atoms with Crippen molar-refractivity contribution in [1.82, 2.24) is 9.55 Å². The molecule has 0 aliphatic heterocycles. The van der Waals surface area contributed by atoms with Gasteiger partial charge in [-0.2, -0.15) is 0 Å². The first-order chi connectivity index (χ1) is 10.4. The Morgan fingerprint density at radius 2 is 1.71 bits per heavy atom. The molecular weight excluding hydrogens is 260 g/mol. The number of hydrogen-bond acceptors (Lipinski definition) is 2. The lowest BCUT2D eigenvalue weighted by Gasteiger charge is -2.32. The molecule has 0 bridgehead atoms. The fraction of sp³-hybridized carbons (Fsp3) is 0.833. The van der Waals surface area contributed by atoms with Crippen LogP contribution >= 0.6 is 0 Å². The highest BCUT2D eigenvalue weighted by molar-refractivity contribution is 4.77. The summed E-state index contributed by atoms with van der Waals surface area (Å²) in [7, 11) is 0. The lowest BCUT2D eigenvalue weighted by molar-refractivity contribution is 0.0111. The molecule has 1 aromatic heterocycles. The van der Waals surface area contributed by atoms with E-state index in [1.807, 2.05) is 18.7 Å². The highest BCUT2D eigenvalue weighted by atomic mass is 16.5. The summed E-state index contributed by atoms with van der Waals surface area (Å²) in [5.41, 5.74) is 0. The van der Waals surface area contributed by atoms with E-state index in [0.717, 1.165) is 25.0 Å². The molecule has 0 aromatic carbocycles. The Kier molecular flexibility index (Phi) is 5.73. The van der Waals surface area contributed by atoms with Crippen LogP contribution in [0.4, 0.5) is 0 Å². The summed E-state index contributed by atoms with van der Waals surface area (Å²) in [4.78, 5) is 4.06. The molecular formula is C18H30N2O. The van der Waals surface area contributed by atoms with Gasteiger partial charge >= 0.3 is 0 Å². The van der Waals surface area contributed by atoms with Gasteiger partial charge in [-0.25, -0.2) is 4.98 Å². The van der Waals surface area contributed by atoms with Crippen LogP contribution in [0.25, 0.3) is 0 Å². The number of aromatic nitrogens is 2. The van der Waals surface area contributed by atoms with Crippen molar-refractivity contribution < 1.29 is 4.74 Å². The Morgan fingerprint density at radius 1 is 0.952 bits per heavy atom. The first kappa shape index (κ1) is 15.1. The third-order valence-electron chi connectivity index (χ3n) is 5.45. The van der Waals surface area contributed by atoms with Crippen molar-refractivity contribution in [2.45, 2.75) is 76.9 Å². The van der Waals surface area contributed by atoms with Crippen LogP contribution in [0, 0.1) is 11.8 Å². The van der Waals surface area contributed by atoms with Crippen molar-refractivity contribution >= 4 is 0 Å². The Hall–Kier alpha value is -0.830. The van der Waals surface area contributed by atoms with Gasteiger partial charge in [0.25, 0.3) is 0 Å². The average Bonchev–Trinajstić information content (AvgIpc) is 3.03. The fourth-order valence-corrected chi connectivity index (χ4v) is 4.17. The predicted octanol–water partition coefficient (Wildman–Crippen LogP) is 4.43. The minimum Gasteiger partial charge on any atom is -0.376 e. The maximum Gasteiger partial charge on any atom is 0.0946 e. The first-order valence-corrected chi connectivity index (χ1v) is 8.97. The Labute approximate surface area is 129 Å². The second kappa shape index (κ2) is 7.98. The Morgan fingerprint density at radius 3 is 2.43 bits per heavy atom. The molecule has 2 fully saturated rings. The summed E-state index contributed by atoms with van der Waals surface area (Å²) in [6.45, 7) is 1.76. The lowest BCUT2D eigenvalue weighted by atomic mass is 9.77. The fourth-order valence-electron chi connectivity index (χ4n) is 4.17. The normalized spacial score (nSPS) is 27.8. The minimum absolute atomic E-state index is 0.510. The van der Waals surface area contributed by atoms with Gasteiger partial charge in [0, 0.05) is 18.9 Å². The summed E-state index contributed by atoms with van der Waals surface area (Å²) < 4.78 is 8.14. The highest BCUT2D eigenvalue weighted by Gasteiger charge is 2.24. The quantitative estimate of drug-likeness (QED) is 0.775. The number of ether oxygens (including phenoxy) is 1. The van der Waals surface area contributed by atoms with Gasteiger partial charge in [0.15, 0.2) is 0 Å². The summed E-state index contributed by atoms with van der Waals surface area (Å²) >= 11 is 0. The van der Waals surface area contributed by atoms with E-state index >= 15 is 0 Å². The lowest BCUT2D eigenvalue weighted by Crippen LogP contribution is -2.24. The SMILES string of the molecule is c1cn(CCOC2CCC(CC3CCCCC3)CC2)cn1. The maximum absolute atomic E-state index is 6.05. The molecule has 3 heteroatoms. The molecule has 0 saturated heterocycles. The van der Waals surface area contributed by atoms with Crippen molar-refractivity contribution in [2.24, 2.45) is 11.8 Å². The molecule has 0 atom stereocenters. The molecule has 0 spiro atoms.